The predicted molar refractivity (Wildman–Crippen MR) is 76.6 cm³/mol. The summed E-state index contributed by atoms with van der Waals surface area (Å²) in [6.07, 6.45) is 2.01. The van der Waals surface area contributed by atoms with Crippen LogP contribution in [-0.2, 0) is 0 Å². The molecule has 0 aromatic heterocycles. The Kier molecular flexibility index (Phi) is 4.43. The van der Waals surface area contributed by atoms with Gasteiger partial charge in [-0.1, -0.05) is 12.1 Å². The molecule has 1 atom stereocenters. The highest BCUT2D eigenvalue weighted by Crippen LogP contribution is 2.24. The molecule has 2 aromatic carbocycles. The van der Waals surface area contributed by atoms with Crippen LogP contribution in [0.4, 0.5) is 14.5 Å². The Morgan fingerprint density at radius 2 is 1.84 bits per heavy atom. The molecule has 1 nitrogen and oxygen atoms in total. The minimum absolute atomic E-state index is 0.0905. The normalized spacial score (nSPS) is 12.2. The molecule has 4 heteroatoms. The summed E-state index contributed by atoms with van der Waals surface area (Å²) in [7, 11) is 0. The lowest BCUT2D eigenvalue weighted by molar-refractivity contribution is 0.506. The summed E-state index contributed by atoms with van der Waals surface area (Å²) < 4.78 is 26.1. The standard InChI is InChI=1S/C15H15F2NS/c1-10(11-6-7-14(16)15(17)8-11)18-12-4-3-5-13(9-12)19-2/h3-10,18H,1-2H3. The van der Waals surface area contributed by atoms with Crippen molar-refractivity contribution in [1.29, 1.82) is 0 Å². The molecule has 2 aromatic rings. The van der Waals surface area contributed by atoms with Crippen molar-refractivity contribution in [3.05, 3.63) is 59.7 Å². The molecule has 0 radical (unpaired) electrons. The fourth-order valence-corrected chi connectivity index (χ4v) is 2.29. The summed E-state index contributed by atoms with van der Waals surface area (Å²) in [5.74, 6) is -1.63. The van der Waals surface area contributed by atoms with Crippen molar-refractivity contribution >= 4 is 17.4 Å². The molecule has 0 saturated heterocycles. The summed E-state index contributed by atoms with van der Waals surface area (Å²) >= 11 is 1.66. The van der Waals surface area contributed by atoms with Gasteiger partial charge < -0.3 is 5.32 Å². The number of halogens is 2. The van der Waals surface area contributed by atoms with E-state index < -0.39 is 11.6 Å². The molecular weight excluding hydrogens is 264 g/mol. The fourth-order valence-electron chi connectivity index (χ4n) is 1.83. The molecule has 1 unspecified atom stereocenters. The van der Waals surface area contributed by atoms with Gasteiger partial charge in [0.05, 0.1) is 0 Å². The minimum atomic E-state index is -0.819. The zero-order valence-corrected chi connectivity index (χ0v) is 11.6. The van der Waals surface area contributed by atoms with Gasteiger partial charge in [-0.3, -0.25) is 0 Å². The van der Waals surface area contributed by atoms with Crippen LogP contribution in [-0.4, -0.2) is 6.26 Å². The molecule has 2 rings (SSSR count). The van der Waals surface area contributed by atoms with Crippen LogP contribution in [0.2, 0.25) is 0 Å². The number of hydrogen-bond acceptors (Lipinski definition) is 2. The summed E-state index contributed by atoms with van der Waals surface area (Å²) in [5.41, 5.74) is 1.68. The van der Waals surface area contributed by atoms with Gasteiger partial charge in [0.2, 0.25) is 0 Å². The summed E-state index contributed by atoms with van der Waals surface area (Å²) in [4.78, 5) is 1.16. The highest BCUT2D eigenvalue weighted by Gasteiger charge is 2.09. The van der Waals surface area contributed by atoms with Crippen LogP contribution in [0.1, 0.15) is 18.5 Å². The fraction of sp³-hybridized carbons (Fsp3) is 0.200. The van der Waals surface area contributed by atoms with Gasteiger partial charge in [-0.15, -0.1) is 11.8 Å². The van der Waals surface area contributed by atoms with E-state index in [2.05, 4.69) is 5.32 Å². The van der Waals surface area contributed by atoms with Crippen molar-refractivity contribution in [2.75, 3.05) is 11.6 Å². The molecule has 0 heterocycles. The van der Waals surface area contributed by atoms with E-state index in [0.717, 1.165) is 16.6 Å². The predicted octanol–water partition coefficient (Wildman–Crippen LogP) is 4.86. The van der Waals surface area contributed by atoms with Crippen LogP contribution in [0.5, 0.6) is 0 Å². The van der Waals surface area contributed by atoms with Crippen LogP contribution in [0, 0.1) is 11.6 Å². The maximum Gasteiger partial charge on any atom is 0.159 e. The minimum Gasteiger partial charge on any atom is -0.378 e. The molecule has 0 saturated carbocycles. The van der Waals surface area contributed by atoms with Crippen LogP contribution in [0.15, 0.2) is 47.4 Å². The molecule has 0 aliphatic heterocycles. The van der Waals surface area contributed by atoms with Crippen LogP contribution >= 0.6 is 11.8 Å². The van der Waals surface area contributed by atoms with Crippen LogP contribution < -0.4 is 5.32 Å². The molecular formula is C15H15F2NS. The van der Waals surface area contributed by atoms with Gasteiger partial charge in [-0.2, -0.15) is 0 Å². The third kappa shape index (κ3) is 3.47. The number of benzene rings is 2. The number of rotatable bonds is 4. The lowest BCUT2D eigenvalue weighted by Crippen LogP contribution is -2.07. The quantitative estimate of drug-likeness (QED) is 0.802. The van der Waals surface area contributed by atoms with Gasteiger partial charge in [-0.05, 0) is 49.1 Å². The van der Waals surface area contributed by atoms with Crippen LogP contribution in [0.25, 0.3) is 0 Å². The SMILES string of the molecule is CSc1cccc(NC(C)c2ccc(F)c(F)c2)c1. The van der Waals surface area contributed by atoms with E-state index in [0.29, 0.717) is 5.56 Å². The zero-order valence-electron chi connectivity index (χ0n) is 10.8. The van der Waals surface area contributed by atoms with Gasteiger partial charge in [0.25, 0.3) is 0 Å². The average Bonchev–Trinajstić information content (AvgIpc) is 2.42. The van der Waals surface area contributed by atoms with Gasteiger partial charge >= 0.3 is 0 Å². The maximum atomic E-state index is 13.2. The smallest absolute Gasteiger partial charge is 0.159 e. The lowest BCUT2D eigenvalue weighted by atomic mass is 10.1. The number of hydrogen-bond donors (Lipinski definition) is 1. The Labute approximate surface area is 116 Å². The molecule has 0 aliphatic rings. The van der Waals surface area contributed by atoms with Gasteiger partial charge in [-0.25, -0.2) is 8.78 Å². The first-order chi connectivity index (χ1) is 9.10. The van der Waals surface area contributed by atoms with Crippen molar-refractivity contribution < 1.29 is 8.78 Å². The number of anilines is 1. The maximum absolute atomic E-state index is 13.2. The Bertz CT molecular complexity index is 572. The Hall–Kier alpha value is -1.55. The second-order valence-corrected chi connectivity index (χ2v) is 5.15. The van der Waals surface area contributed by atoms with E-state index in [1.807, 2.05) is 37.4 Å². The zero-order chi connectivity index (χ0) is 13.8. The highest BCUT2D eigenvalue weighted by molar-refractivity contribution is 7.98. The van der Waals surface area contributed by atoms with Crippen molar-refractivity contribution in [3.8, 4) is 0 Å². The van der Waals surface area contributed by atoms with Crippen LogP contribution in [0.3, 0.4) is 0 Å². The third-order valence-corrected chi connectivity index (χ3v) is 3.62. The monoisotopic (exact) mass is 279 g/mol. The second kappa shape index (κ2) is 6.06. The first-order valence-corrected chi connectivity index (χ1v) is 7.18. The molecule has 0 spiro atoms. The third-order valence-electron chi connectivity index (χ3n) is 2.90. The van der Waals surface area contributed by atoms with Crippen molar-refractivity contribution in [1.82, 2.24) is 0 Å². The first-order valence-electron chi connectivity index (χ1n) is 5.95. The molecule has 0 amide bonds. The molecule has 1 N–H and O–H groups in total. The molecule has 0 aliphatic carbocycles. The van der Waals surface area contributed by atoms with Gasteiger partial charge in [0, 0.05) is 16.6 Å². The number of thioether (sulfide) groups is 1. The summed E-state index contributed by atoms with van der Waals surface area (Å²) in [6, 6.07) is 11.9. The number of nitrogens with one attached hydrogen (secondary N) is 1. The Morgan fingerprint density at radius 1 is 1.05 bits per heavy atom. The van der Waals surface area contributed by atoms with E-state index >= 15 is 0 Å². The largest absolute Gasteiger partial charge is 0.378 e. The summed E-state index contributed by atoms with van der Waals surface area (Å²) in [5, 5.41) is 3.28. The Morgan fingerprint density at radius 3 is 2.53 bits per heavy atom. The highest BCUT2D eigenvalue weighted by atomic mass is 32.2. The average molecular weight is 279 g/mol. The molecule has 19 heavy (non-hydrogen) atoms. The van der Waals surface area contributed by atoms with Crippen molar-refractivity contribution in [2.45, 2.75) is 17.9 Å². The van der Waals surface area contributed by atoms with E-state index in [1.54, 1.807) is 17.8 Å². The first kappa shape index (κ1) is 13.9. The summed E-state index contributed by atoms with van der Waals surface area (Å²) in [6.45, 7) is 1.92. The van der Waals surface area contributed by atoms with E-state index in [4.69, 9.17) is 0 Å². The Balaban J connectivity index is 2.15. The van der Waals surface area contributed by atoms with E-state index in [9.17, 15) is 8.78 Å². The van der Waals surface area contributed by atoms with Crippen molar-refractivity contribution in [3.63, 3.8) is 0 Å². The topological polar surface area (TPSA) is 12.0 Å². The van der Waals surface area contributed by atoms with E-state index in [-0.39, 0.29) is 6.04 Å². The molecule has 0 fully saturated rings. The molecule has 0 bridgehead atoms. The van der Waals surface area contributed by atoms with Gasteiger partial charge in [0.15, 0.2) is 11.6 Å². The lowest BCUT2D eigenvalue weighted by Gasteiger charge is -2.16. The van der Waals surface area contributed by atoms with E-state index in [1.165, 1.54) is 6.07 Å². The van der Waals surface area contributed by atoms with Gasteiger partial charge in [0.1, 0.15) is 0 Å². The second-order valence-electron chi connectivity index (χ2n) is 4.27. The van der Waals surface area contributed by atoms with Crippen molar-refractivity contribution in [2.24, 2.45) is 0 Å². The molecule has 100 valence electrons.